The molecule has 0 aliphatic rings. The molecule has 2 N–H and O–H groups in total. The van der Waals surface area contributed by atoms with Crippen LogP contribution < -0.4 is 0 Å². The molecule has 1 aromatic carbocycles. The van der Waals surface area contributed by atoms with Gasteiger partial charge in [-0.15, -0.1) is 0 Å². The lowest BCUT2D eigenvalue weighted by Gasteiger charge is -2.09. The minimum Gasteiger partial charge on any atom is -0.385 e. The van der Waals surface area contributed by atoms with Gasteiger partial charge in [-0.2, -0.15) is 5.10 Å². The number of aliphatic hydroxyl groups excluding tert-OH is 1. The zero-order valence-corrected chi connectivity index (χ0v) is 9.70. The molecule has 1 atom stereocenters. The molecule has 0 amide bonds. The number of halogens is 2. The Hall–Kier alpha value is -1.10. The lowest BCUT2D eigenvalue weighted by molar-refractivity contribution is 0.169. The van der Waals surface area contributed by atoms with Crippen LogP contribution in [0.25, 0.3) is 0 Å². The third-order valence-electron chi connectivity index (χ3n) is 2.17. The van der Waals surface area contributed by atoms with E-state index in [2.05, 4.69) is 15.2 Å². The minimum atomic E-state index is -0.765. The number of benzene rings is 1. The van der Waals surface area contributed by atoms with E-state index in [1.54, 1.807) is 18.2 Å². The van der Waals surface area contributed by atoms with Crippen molar-refractivity contribution in [2.24, 2.45) is 0 Å². The van der Waals surface area contributed by atoms with Crippen LogP contribution in [0, 0.1) is 0 Å². The first-order valence-corrected chi connectivity index (χ1v) is 5.39. The van der Waals surface area contributed by atoms with Crippen molar-refractivity contribution in [3.8, 4) is 0 Å². The Labute approximate surface area is 102 Å². The monoisotopic (exact) mass is 257 g/mol. The molecule has 16 heavy (non-hydrogen) atoms. The maximum Gasteiger partial charge on any atom is 0.153 e. The van der Waals surface area contributed by atoms with Gasteiger partial charge in [0.25, 0.3) is 0 Å². The van der Waals surface area contributed by atoms with Gasteiger partial charge in [-0.1, -0.05) is 23.2 Å². The molecule has 0 saturated carbocycles. The van der Waals surface area contributed by atoms with Gasteiger partial charge in [0.2, 0.25) is 0 Å². The lowest BCUT2D eigenvalue weighted by Crippen LogP contribution is -2.04. The second-order valence-corrected chi connectivity index (χ2v) is 4.17. The molecule has 0 spiro atoms. The highest BCUT2D eigenvalue weighted by Gasteiger charge is 2.13. The second kappa shape index (κ2) is 4.82. The molecule has 4 nitrogen and oxygen atoms in total. The zero-order chi connectivity index (χ0) is 11.5. The molecule has 2 aromatic rings. The summed E-state index contributed by atoms with van der Waals surface area (Å²) in [4.78, 5) is 3.87. The van der Waals surface area contributed by atoms with Gasteiger partial charge in [0.1, 0.15) is 12.4 Å². The fourth-order valence-electron chi connectivity index (χ4n) is 1.38. The van der Waals surface area contributed by atoms with E-state index in [0.29, 0.717) is 22.3 Å². The number of aromatic nitrogens is 3. The van der Waals surface area contributed by atoms with E-state index in [1.807, 2.05) is 0 Å². The average Bonchev–Trinajstić information content (AvgIpc) is 2.76. The maximum atomic E-state index is 9.84. The smallest absolute Gasteiger partial charge is 0.153 e. The lowest BCUT2D eigenvalue weighted by atomic mass is 10.1. The van der Waals surface area contributed by atoms with Gasteiger partial charge in [0.15, 0.2) is 5.82 Å². The standard InChI is InChI=1S/C10H9Cl2N3O/c11-7-1-2-8(12)6(3-7)4-9(16)10-13-5-14-15-10/h1-3,5,9,16H,4H2,(H,13,14,15). The fraction of sp³-hybridized carbons (Fsp3) is 0.200. The molecular weight excluding hydrogens is 249 g/mol. The van der Waals surface area contributed by atoms with Crippen molar-refractivity contribution in [2.75, 3.05) is 0 Å². The highest BCUT2D eigenvalue weighted by atomic mass is 35.5. The molecule has 0 aliphatic carbocycles. The van der Waals surface area contributed by atoms with E-state index >= 15 is 0 Å². The Bertz CT molecular complexity index is 473. The van der Waals surface area contributed by atoms with Gasteiger partial charge < -0.3 is 5.11 Å². The summed E-state index contributed by atoms with van der Waals surface area (Å²) in [6.45, 7) is 0. The van der Waals surface area contributed by atoms with Crippen molar-refractivity contribution < 1.29 is 5.11 Å². The number of nitrogens with one attached hydrogen (secondary N) is 1. The van der Waals surface area contributed by atoms with Crippen LogP contribution in [0.3, 0.4) is 0 Å². The Morgan fingerprint density at radius 1 is 1.38 bits per heavy atom. The molecule has 6 heteroatoms. The molecule has 1 heterocycles. The zero-order valence-electron chi connectivity index (χ0n) is 8.19. The van der Waals surface area contributed by atoms with Crippen LogP contribution >= 0.6 is 23.2 Å². The summed E-state index contributed by atoms with van der Waals surface area (Å²) in [6, 6.07) is 5.13. The predicted molar refractivity (Wildman–Crippen MR) is 61.5 cm³/mol. The van der Waals surface area contributed by atoms with Gasteiger partial charge in [0, 0.05) is 16.5 Å². The van der Waals surface area contributed by atoms with Gasteiger partial charge in [0.05, 0.1) is 0 Å². The van der Waals surface area contributed by atoms with Crippen LogP contribution in [0.1, 0.15) is 17.5 Å². The average molecular weight is 258 g/mol. The topological polar surface area (TPSA) is 61.8 Å². The Kier molecular flexibility index (Phi) is 3.43. The Morgan fingerprint density at radius 3 is 2.88 bits per heavy atom. The Morgan fingerprint density at radius 2 is 2.19 bits per heavy atom. The van der Waals surface area contributed by atoms with E-state index < -0.39 is 6.10 Å². The van der Waals surface area contributed by atoms with Crippen LogP contribution in [-0.2, 0) is 6.42 Å². The van der Waals surface area contributed by atoms with Gasteiger partial charge in [-0.3, -0.25) is 5.10 Å². The molecule has 1 aromatic heterocycles. The first-order chi connectivity index (χ1) is 7.66. The maximum absolute atomic E-state index is 9.84. The quantitative estimate of drug-likeness (QED) is 0.888. The van der Waals surface area contributed by atoms with E-state index in [0.717, 1.165) is 5.56 Å². The summed E-state index contributed by atoms with van der Waals surface area (Å²) in [5, 5.41) is 17.3. The number of hydrogen-bond donors (Lipinski definition) is 2. The van der Waals surface area contributed by atoms with Crippen LogP contribution in [0.4, 0.5) is 0 Å². The number of H-pyrrole nitrogens is 1. The largest absolute Gasteiger partial charge is 0.385 e. The van der Waals surface area contributed by atoms with Crippen LogP contribution in [-0.4, -0.2) is 20.3 Å². The van der Waals surface area contributed by atoms with Crippen LogP contribution in [0.15, 0.2) is 24.5 Å². The van der Waals surface area contributed by atoms with E-state index in [1.165, 1.54) is 6.33 Å². The minimum absolute atomic E-state index is 0.342. The third kappa shape index (κ3) is 2.52. The van der Waals surface area contributed by atoms with Crippen molar-refractivity contribution >= 4 is 23.2 Å². The Balaban J connectivity index is 2.17. The normalized spacial score (nSPS) is 12.7. The summed E-state index contributed by atoms with van der Waals surface area (Å²) in [6.07, 6.45) is 0.922. The number of hydrogen-bond acceptors (Lipinski definition) is 3. The van der Waals surface area contributed by atoms with Gasteiger partial charge in [-0.05, 0) is 23.8 Å². The number of aromatic amines is 1. The molecule has 0 fully saturated rings. The van der Waals surface area contributed by atoms with Crippen LogP contribution in [0.2, 0.25) is 10.0 Å². The first kappa shape index (κ1) is 11.4. The first-order valence-electron chi connectivity index (χ1n) is 4.64. The van der Waals surface area contributed by atoms with Crippen molar-refractivity contribution in [2.45, 2.75) is 12.5 Å². The third-order valence-corrected chi connectivity index (χ3v) is 2.77. The van der Waals surface area contributed by atoms with Crippen LogP contribution in [0.5, 0.6) is 0 Å². The second-order valence-electron chi connectivity index (χ2n) is 3.33. The molecule has 1 unspecified atom stereocenters. The molecule has 2 rings (SSSR count). The molecule has 0 radical (unpaired) electrons. The number of rotatable bonds is 3. The summed E-state index contributed by atoms with van der Waals surface area (Å²) >= 11 is 11.8. The van der Waals surface area contributed by atoms with E-state index in [4.69, 9.17) is 23.2 Å². The summed E-state index contributed by atoms with van der Waals surface area (Å²) in [5.41, 5.74) is 0.776. The highest BCUT2D eigenvalue weighted by Crippen LogP contribution is 2.24. The predicted octanol–water partition coefficient (Wildman–Crippen LogP) is 2.39. The van der Waals surface area contributed by atoms with Crippen molar-refractivity contribution in [1.82, 2.24) is 15.2 Å². The highest BCUT2D eigenvalue weighted by molar-refractivity contribution is 6.33. The summed E-state index contributed by atoms with van der Waals surface area (Å²) in [5.74, 6) is 0.413. The molecule has 84 valence electrons. The van der Waals surface area contributed by atoms with E-state index in [9.17, 15) is 5.11 Å². The molecule has 0 aliphatic heterocycles. The van der Waals surface area contributed by atoms with Crippen molar-refractivity contribution in [3.63, 3.8) is 0 Å². The van der Waals surface area contributed by atoms with Crippen molar-refractivity contribution in [3.05, 3.63) is 46.0 Å². The molecule has 0 saturated heterocycles. The number of nitrogens with zero attached hydrogens (tertiary/aromatic N) is 2. The van der Waals surface area contributed by atoms with E-state index in [-0.39, 0.29) is 0 Å². The molecule has 0 bridgehead atoms. The van der Waals surface area contributed by atoms with Gasteiger partial charge >= 0.3 is 0 Å². The van der Waals surface area contributed by atoms with Gasteiger partial charge in [-0.25, -0.2) is 4.98 Å². The number of aliphatic hydroxyl groups is 1. The molecular formula is C10H9Cl2N3O. The SMILES string of the molecule is OC(Cc1cc(Cl)ccc1Cl)c1ncn[nH]1. The fourth-order valence-corrected chi connectivity index (χ4v) is 1.77. The van der Waals surface area contributed by atoms with Crippen molar-refractivity contribution in [1.29, 1.82) is 0 Å². The summed E-state index contributed by atoms with van der Waals surface area (Å²) in [7, 11) is 0. The summed E-state index contributed by atoms with van der Waals surface area (Å²) < 4.78 is 0.